The molecule has 152 valence electrons. The van der Waals surface area contributed by atoms with Crippen LogP contribution >= 0.6 is 0 Å². The van der Waals surface area contributed by atoms with E-state index in [2.05, 4.69) is 19.2 Å². The number of aliphatic carboxylic acids is 1. The molecule has 0 aromatic heterocycles. The lowest BCUT2D eigenvalue weighted by Crippen LogP contribution is -2.51. The minimum atomic E-state index is -0.864. The number of hydrogen-bond acceptors (Lipinski definition) is 2. The molecule has 4 aliphatic rings. The van der Waals surface area contributed by atoms with Gasteiger partial charge in [-0.05, 0) is 91.8 Å². The van der Waals surface area contributed by atoms with Crippen molar-refractivity contribution < 1.29 is 14.7 Å². The van der Waals surface area contributed by atoms with Gasteiger partial charge in [-0.15, -0.1) is 0 Å². The van der Waals surface area contributed by atoms with Crippen LogP contribution in [0.2, 0.25) is 0 Å². The minimum absolute atomic E-state index is 0.0806. The monoisotopic (exact) mass is 375 g/mol. The van der Waals surface area contributed by atoms with E-state index in [9.17, 15) is 14.7 Å². The Morgan fingerprint density at radius 2 is 1.81 bits per heavy atom. The van der Waals surface area contributed by atoms with E-state index in [1.807, 2.05) is 0 Å². The third-order valence-corrected chi connectivity index (χ3v) is 9.48. The van der Waals surface area contributed by atoms with Gasteiger partial charge < -0.3 is 10.4 Å². The summed E-state index contributed by atoms with van der Waals surface area (Å²) < 4.78 is 0. The molecule has 27 heavy (non-hydrogen) atoms. The van der Waals surface area contributed by atoms with Crippen molar-refractivity contribution in [2.75, 3.05) is 0 Å². The number of rotatable bonds is 3. The molecule has 0 radical (unpaired) electrons. The van der Waals surface area contributed by atoms with Crippen molar-refractivity contribution in [1.29, 1.82) is 0 Å². The Hall–Kier alpha value is -1.06. The molecule has 4 nitrogen and oxygen atoms in total. The van der Waals surface area contributed by atoms with Crippen LogP contribution in [0, 0.1) is 40.4 Å². The zero-order valence-corrected chi connectivity index (χ0v) is 17.3. The Morgan fingerprint density at radius 1 is 1.04 bits per heavy atom. The van der Waals surface area contributed by atoms with Gasteiger partial charge in [-0.1, -0.05) is 26.7 Å². The molecular weight excluding hydrogens is 338 g/mol. The fourth-order valence-corrected chi connectivity index (χ4v) is 8.26. The number of nitrogens with one attached hydrogen (secondary N) is 1. The zero-order chi connectivity index (χ0) is 19.4. The summed E-state index contributed by atoms with van der Waals surface area (Å²) >= 11 is 0. The predicted octanol–water partition coefficient (Wildman–Crippen LogP) is 4.62. The first kappa shape index (κ1) is 19.3. The lowest BCUT2D eigenvalue weighted by Gasteiger charge is -2.60. The topological polar surface area (TPSA) is 66.4 Å². The van der Waals surface area contributed by atoms with Gasteiger partial charge in [0.15, 0.2) is 0 Å². The lowest BCUT2D eigenvalue weighted by atomic mass is 9.45. The highest BCUT2D eigenvalue weighted by atomic mass is 16.4. The van der Waals surface area contributed by atoms with Gasteiger partial charge in [-0.3, -0.25) is 4.79 Å². The fraction of sp³-hybridized carbons (Fsp3) is 0.913. The molecule has 4 heteroatoms. The van der Waals surface area contributed by atoms with Crippen LogP contribution in [-0.2, 0) is 9.59 Å². The van der Waals surface area contributed by atoms with E-state index >= 15 is 0 Å². The van der Waals surface area contributed by atoms with Crippen molar-refractivity contribution in [1.82, 2.24) is 5.32 Å². The lowest BCUT2D eigenvalue weighted by molar-refractivity contribution is -0.143. The van der Waals surface area contributed by atoms with Gasteiger partial charge in [0.2, 0.25) is 5.91 Å². The van der Waals surface area contributed by atoms with Crippen LogP contribution in [0.5, 0.6) is 0 Å². The summed E-state index contributed by atoms with van der Waals surface area (Å²) in [5, 5.41) is 12.4. The standard InChI is InChI=1S/C23H37NO3/c1-14(25)24-20(21(26)27)15-12-19-17-8-7-16-6-4-5-10-23(16,3)18(17)9-11-22(19,2)13-15/h15-20H,4-13H2,1-3H3,(H,24,25)(H,26,27)/t15?,16-,17-,18+,19+,20?,22-,23+/m1/s1. The van der Waals surface area contributed by atoms with Crippen LogP contribution in [0.4, 0.5) is 0 Å². The molecule has 0 bridgehead atoms. The second kappa shape index (κ2) is 6.77. The molecular formula is C23H37NO3. The van der Waals surface area contributed by atoms with Gasteiger partial charge in [0.1, 0.15) is 6.04 Å². The van der Waals surface area contributed by atoms with Crippen LogP contribution in [0.1, 0.15) is 85.0 Å². The number of hydrogen-bond donors (Lipinski definition) is 2. The first-order valence-electron chi connectivity index (χ1n) is 11.2. The molecule has 0 aromatic carbocycles. The van der Waals surface area contributed by atoms with Crippen molar-refractivity contribution in [2.45, 2.75) is 91.0 Å². The summed E-state index contributed by atoms with van der Waals surface area (Å²) in [6, 6.07) is -0.718. The quantitative estimate of drug-likeness (QED) is 0.756. The summed E-state index contributed by atoms with van der Waals surface area (Å²) in [6.45, 7) is 6.43. The third-order valence-electron chi connectivity index (χ3n) is 9.48. The van der Waals surface area contributed by atoms with E-state index in [0.717, 1.165) is 30.6 Å². The molecule has 2 N–H and O–H groups in total. The Bertz CT molecular complexity index is 619. The summed E-state index contributed by atoms with van der Waals surface area (Å²) in [4.78, 5) is 23.4. The Labute approximate surface area is 163 Å². The molecule has 0 spiro atoms. The van der Waals surface area contributed by atoms with Gasteiger partial charge in [0, 0.05) is 6.92 Å². The fourth-order valence-electron chi connectivity index (χ4n) is 8.26. The maximum atomic E-state index is 11.8. The average molecular weight is 376 g/mol. The molecule has 1 amide bonds. The molecule has 0 heterocycles. The molecule has 2 unspecified atom stereocenters. The summed E-state index contributed by atoms with van der Waals surface area (Å²) in [6.07, 6.45) is 12.9. The minimum Gasteiger partial charge on any atom is -0.480 e. The molecule has 4 aliphatic carbocycles. The van der Waals surface area contributed by atoms with Crippen molar-refractivity contribution >= 4 is 11.9 Å². The van der Waals surface area contributed by atoms with Crippen LogP contribution in [0.25, 0.3) is 0 Å². The van der Waals surface area contributed by atoms with E-state index in [-0.39, 0.29) is 17.2 Å². The molecule has 4 rings (SSSR count). The average Bonchev–Trinajstić information content (AvgIpc) is 2.96. The Kier molecular flexibility index (Phi) is 4.83. The highest BCUT2D eigenvalue weighted by Crippen LogP contribution is 2.67. The largest absolute Gasteiger partial charge is 0.480 e. The number of fused-ring (bicyclic) bond motifs is 5. The second-order valence-corrected chi connectivity index (χ2v) is 10.8. The number of amides is 1. The van der Waals surface area contributed by atoms with Crippen molar-refractivity contribution in [3.8, 4) is 0 Å². The van der Waals surface area contributed by atoms with Crippen LogP contribution in [-0.4, -0.2) is 23.0 Å². The second-order valence-electron chi connectivity index (χ2n) is 10.8. The molecule has 4 fully saturated rings. The maximum absolute atomic E-state index is 11.8. The molecule has 8 atom stereocenters. The normalized spacial score (nSPS) is 47.3. The van der Waals surface area contributed by atoms with Gasteiger partial charge in [0.25, 0.3) is 0 Å². The molecule has 4 saturated carbocycles. The van der Waals surface area contributed by atoms with Crippen LogP contribution < -0.4 is 5.32 Å². The zero-order valence-electron chi connectivity index (χ0n) is 17.3. The van der Waals surface area contributed by atoms with Gasteiger partial charge in [-0.25, -0.2) is 4.79 Å². The summed E-state index contributed by atoms with van der Waals surface area (Å²) in [7, 11) is 0. The van der Waals surface area contributed by atoms with E-state index in [1.165, 1.54) is 58.3 Å². The van der Waals surface area contributed by atoms with E-state index < -0.39 is 12.0 Å². The van der Waals surface area contributed by atoms with Crippen LogP contribution in [0.15, 0.2) is 0 Å². The SMILES string of the molecule is CC(=O)NC(C(=O)O)C1C[C@H]2[C@@H]3CC[C@H]4CCCC[C@]4(C)[C@H]3CC[C@]2(C)C1. The first-order valence-corrected chi connectivity index (χ1v) is 11.2. The number of carboxylic acids is 1. The van der Waals surface area contributed by atoms with Crippen molar-refractivity contribution in [3.05, 3.63) is 0 Å². The van der Waals surface area contributed by atoms with E-state index in [1.54, 1.807) is 0 Å². The summed E-state index contributed by atoms with van der Waals surface area (Å²) in [5.41, 5.74) is 0.778. The highest BCUT2D eigenvalue weighted by Gasteiger charge is 2.59. The third kappa shape index (κ3) is 3.11. The highest BCUT2D eigenvalue weighted by molar-refractivity contribution is 5.82. The smallest absolute Gasteiger partial charge is 0.326 e. The Balaban J connectivity index is 1.57. The predicted molar refractivity (Wildman–Crippen MR) is 105 cm³/mol. The number of carboxylic acid groups (broad SMARTS) is 1. The van der Waals surface area contributed by atoms with Crippen LogP contribution in [0.3, 0.4) is 0 Å². The summed E-state index contributed by atoms with van der Waals surface area (Å²) in [5.74, 6) is 2.14. The Morgan fingerprint density at radius 3 is 2.52 bits per heavy atom. The van der Waals surface area contributed by atoms with E-state index in [0.29, 0.717) is 11.3 Å². The maximum Gasteiger partial charge on any atom is 0.326 e. The van der Waals surface area contributed by atoms with Gasteiger partial charge >= 0.3 is 5.97 Å². The van der Waals surface area contributed by atoms with E-state index in [4.69, 9.17) is 0 Å². The van der Waals surface area contributed by atoms with Gasteiger partial charge in [0.05, 0.1) is 0 Å². The molecule has 0 aliphatic heterocycles. The van der Waals surface area contributed by atoms with Gasteiger partial charge in [-0.2, -0.15) is 0 Å². The number of carbonyl (C=O) groups is 2. The number of carbonyl (C=O) groups excluding carboxylic acids is 1. The molecule has 0 aromatic rings. The molecule has 0 saturated heterocycles. The van der Waals surface area contributed by atoms with Crippen molar-refractivity contribution in [3.63, 3.8) is 0 Å². The first-order chi connectivity index (χ1) is 12.7. The van der Waals surface area contributed by atoms with Crippen molar-refractivity contribution in [2.24, 2.45) is 40.4 Å².